The summed E-state index contributed by atoms with van der Waals surface area (Å²) in [4.78, 5) is 12.4. The van der Waals surface area contributed by atoms with E-state index in [1.807, 2.05) is 60.7 Å². The highest BCUT2D eigenvalue weighted by molar-refractivity contribution is 14.1. The quantitative estimate of drug-likeness (QED) is 0.334. The molecule has 0 aromatic heterocycles. The highest BCUT2D eigenvalue weighted by atomic mass is 127. The molecule has 3 rings (SSSR count). The van der Waals surface area contributed by atoms with Crippen LogP contribution in [0, 0.1) is 3.57 Å². The van der Waals surface area contributed by atoms with Crippen molar-refractivity contribution in [1.29, 1.82) is 0 Å². The van der Waals surface area contributed by atoms with Gasteiger partial charge in [-0.1, -0.05) is 60.7 Å². The van der Waals surface area contributed by atoms with Gasteiger partial charge in [0.2, 0.25) is 0 Å². The lowest BCUT2D eigenvalue weighted by molar-refractivity contribution is 0.0950. The fourth-order valence-electron chi connectivity index (χ4n) is 2.32. The van der Waals surface area contributed by atoms with E-state index in [0.717, 1.165) is 14.7 Å². The summed E-state index contributed by atoms with van der Waals surface area (Å²) in [5.74, 6) is 0.217. The molecule has 0 aliphatic carbocycles. The summed E-state index contributed by atoms with van der Waals surface area (Å²) in [5, 5.41) is 4.05. The van der Waals surface area contributed by atoms with E-state index < -0.39 is 0 Å². The minimum Gasteiger partial charge on any atom is -0.488 e. The number of nitrogens with zero attached hydrogens (tertiary/aromatic N) is 1. The maximum absolute atomic E-state index is 12.4. The number of hydrogen-bond donors (Lipinski definition) is 1. The van der Waals surface area contributed by atoms with Crippen LogP contribution in [0.1, 0.15) is 21.5 Å². The first-order valence-corrected chi connectivity index (χ1v) is 9.15. The third kappa shape index (κ3) is 4.92. The molecular formula is C21H17IN2O2. The number of carbonyl (C=O) groups excluding carboxylic acids is 1. The normalized spacial score (nSPS) is 10.7. The topological polar surface area (TPSA) is 50.7 Å². The molecular weight excluding hydrogens is 439 g/mol. The molecule has 1 N–H and O–H groups in total. The van der Waals surface area contributed by atoms with E-state index in [1.165, 1.54) is 0 Å². The lowest BCUT2D eigenvalue weighted by atomic mass is 10.2. The van der Waals surface area contributed by atoms with Crippen LogP contribution in [0.5, 0.6) is 5.75 Å². The summed E-state index contributed by atoms with van der Waals surface area (Å²) in [6, 6.07) is 24.8. The van der Waals surface area contributed by atoms with Crippen molar-refractivity contribution in [3.8, 4) is 5.75 Å². The molecule has 1 amide bonds. The molecule has 0 aliphatic heterocycles. The number of nitrogens with one attached hydrogen (secondary N) is 1. The first-order chi connectivity index (χ1) is 12.7. The van der Waals surface area contributed by atoms with E-state index in [1.54, 1.807) is 24.4 Å². The van der Waals surface area contributed by atoms with Gasteiger partial charge in [-0.25, -0.2) is 5.43 Å². The molecule has 0 atom stereocenters. The van der Waals surface area contributed by atoms with E-state index >= 15 is 0 Å². The number of ether oxygens (including phenoxy) is 1. The lowest BCUT2D eigenvalue weighted by Gasteiger charge is -2.10. The number of benzene rings is 3. The number of halogens is 1. The predicted octanol–water partition coefficient (Wildman–Crippen LogP) is 4.63. The Labute approximate surface area is 166 Å². The van der Waals surface area contributed by atoms with Crippen molar-refractivity contribution in [3.05, 3.63) is 99.1 Å². The van der Waals surface area contributed by atoms with Gasteiger partial charge in [0.1, 0.15) is 12.4 Å². The highest BCUT2D eigenvalue weighted by Gasteiger charge is 2.11. The average Bonchev–Trinajstić information content (AvgIpc) is 2.69. The van der Waals surface area contributed by atoms with Gasteiger partial charge in [-0.05, 0) is 46.4 Å². The molecule has 4 nitrogen and oxygen atoms in total. The molecule has 0 radical (unpaired) electrons. The Balaban J connectivity index is 1.67. The van der Waals surface area contributed by atoms with Gasteiger partial charge >= 0.3 is 0 Å². The van der Waals surface area contributed by atoms with Crippen molar-refractivity contribution in [2.75, 3.05) is 0 Å². The van der Waals surface area contributed by atoms with Crippen LogP contribution in [0.2, 0.25) is 0 Å². The number of amides is 1. The van der Waals surface area contributed by atoms with E-state index in [0.29, 0.717) is 17.9 Å². The minimum atomic E-state index is -0.309. The van der Waals surface area contributed by atoms with E-state index in [-0.39, 0.29) is 5.91 Å². The largest absolute Gasteiger partial charge is 0.488 e. The third-order valence-corrected chi connectivity index (χ3v) is 4.63. The average molecular weight is 456 g/mol. The zero-order valence-electron chi connectivity index (χ0n) is 13.9. The van der Waals surface area contributed by atoms with Crippen LogP contribution in [-0.2, 0) is 6.61 Å². The summed E-state index contributed by atoms with van der Waals surface area (Å²) in [6.45, 7) is 0.399. The van der Waals surface area contributed by atoms with Crippen molar-refractivity contribution in [1.82, 2.24) is 5.43 Å². The van der Waals surface area contributed by atoms with Crippen molar-refractivity contribution in [2.24, 2.45) is 5.10 Å². The first kappa shape index (κ1) is 18.1. The van der Waals surface area contributed by atoms with Crippen molar-refractivity contribution < 1.29 is 9.53 Å². The van der Waals surface area contributed by atoms with Gasteiger partial charge in [0.15, 0.2) is 0 Å². The molecule has 0 saturated carbocycles. The summed E-state index contributed by atoms with van der Waals surface area (Å²) in [7, 11) is 0. The molecule has 26 heavy (non-hydrogen) atoms. The van der Waals surface area contributed by atoms with E-state index in [9.17, 15) is 4.79 Å². The second kappa shape index (κ2) is 9.15. The van der Waals surface area contributed by atoms with E-state index in [4.69, 9.17) is 4.74 Å². The van der Waals surface area contributed by atoms with Crippen molar-refractivity contribution >= 4 is 34.7 Å². The Kier molecular flexibility index (Phi) is 6.38. The summed E-state index contributed by atoms with van der Waals surface area (Å²) < 4.78 is 6.88. The summed E-state index contributed by atoms with van der Waals surface area (Å²) >= 11 is 2.23. The fraction of sp³-hybridized carbons (Fsp3) is 0.0476. The van der Waals surface area contributed by atoms with Crippen molar-refractivity contribution in [3.63, 3.8) is 0 Å². The van der Waals surface area contributed by atoms with Crippen LogP contribution in [0.3, 0.4) is 0 Å². The van der Waals surface area contributed by atoms with E-state index in [2.05, 4.69) is 33.1 Å². The molecule has 3 aromatic rings. The zero-order valence-corrected chi connectivity index (χ0v) is 16.1. The summed E-state index contributed by atoms with van der Waals surface area (Å²) in [6.07, 6.45) is 1.63. The van der Waals surface area contributed by atoms with Crippen molar-refractivity contribution in [2.45, 2.75) is 6.61 Å². The Morgan fingerprint density at radius 3 is 2.46 bits per heavy atom. The lowest BCUT2D eigenvalue weighted by Crippen LogP contribution is -2.18. The Bertz CT molecular complexity index is 911. The van der Waals surface area contributed by atoms with Gasteiger partial charge in [0.25, 0.3) is 5.91 Å². The molecule has 0 heterocycles. The molecule has 0 unspecified atom stereocenters. The Morgan fingerprint density at radius 1 is 0.962 bits per heavy atom. The van der Waals surface area contributed by atoms with Crippen LogP contribution in [0.4, 0.5) is 0 Å². The maximum atomic E-state index is 12.4. The smallest absolute Gasteiger partial charge is 0.275 e. The van der Waals surface area contributed by atoms with Crippen LogP contribution >= 0.6 is 22.6 Å². The Hall–Kier alpha value is -2.67. The van der Waals surface area contributed by atoms with Gasteiger partial charge < -0.3 is 4.74 Å². The van der Waals surface area contributed by atoms with Gasteiger partial charge in [-0.2, -0.15) is 5.10 Å². The predicted molar refractivity (Wildman–Crippen MR) is 111 cm³/mol. The number of carbonyl (C=O) groups is 1. The molecule has 0 fully saturated rings. The SMILES string of the molecule is O=C(N/N=C/c1ccccc1I)c1ccccc1OCc1ccccc1. The maximum Gasteiger partial charge on any atom is 0.275 e. The standard InChI is InChI=1S/C21H17IN2O2/c22-19-12-6-4-10-17(19)14-23-24-21(25)18-11-5-7-13-20(18)26-15-16-8-2-1-3-9-16/h1-14H,15H2,(H,24,25)/b23-14+. The fourth-order valence-corrected chi connectivity index (χ4v) is 2.84. The molecule has 0 spiro atoms. The van der Waals surface area contributed by atoms with Crippen LogP contribution < -0.4 is 10.2 Å². The molecule has 3 aromatic carbocycles. The zero-order chi connectivity index (χ0) is 18.2. The van der Waals surface area contributed by atoms with Gasteiger partial charge in [-0.15, -0.1) is 0 Å². The summed E-state index contributed by atoms with van der Waals surface area (Å²) in [5.41, 5.74) is 5.00. The number of rotatable bonds is 6. The van der Waals surface area contributed by atoms with Crippen LogP contribution in [0.25, 0.3) is 0 Å². The van der Waals surface area contributed by atoms with Crippen LogP contribution in [-0.4, -0.2) is 12.1 Å². The Morgan fingerprint density at radius 2 is 1.65 bits per heavy atom. The molecule has 5 heteroatoms. The first-order valence-electron chi connectivity index (χ1n) is 8.08. The third-order valence-electron chi connectivity index (χ3n) is 3.64. The molecule has 0 saturated heterocycles. The van der Waals surface area contributed by atoms with Crippen LogP contribution in [0.15, 0.2) is 84.0 Å². The molecule has 130 valence electrons. The van der Waals surface area contributed by atoms with Gasteiger partial charge in [0.05, 0.1) is 11.8 Å². The number of hydrazone groups is 1. The highest BCUT2D eigenvalue weighted by Crippen LogP contribution is 2.19. The van der Waals surface area contributed by atoms with Gasteiger partial charge in [0, 0.05) is 9.13 Å². The monoisotopic (exact) mass is 456 g/mol. The second-order valence-corrected chi connectivity index (χ2v) is 6.65. The number of para-hydroxylation sites is 1. The van der Waals surface area contributed by atoms with Gasteiger partial charge in [-0.3, -0.25) is 4.79 Å². The minimum absolute atomic E-state index is 0.309. The molecule has 0 aliphatic rings. The molecule has 0 bridgehead atoms. The number of hydrogen-bond acceptors (Lipinski definition) is 3. The second-order valence-electron chi connectivity index (χ2n) is 5.49.